The molecule has 2 nitrogen and oxygen atoms in total. The van der Waals surface area contributed by atoms with Crippen molar-refractivity contribution in [1.29, 1.82) is 0 Å². The van der Waals surface area contributed by atoms with Crippen molar-refractivity contribution in [1.82, 2.24) is 4.98 Å². The van der Waals surface area contributed by atoms with E-state index < -0.39 is 0 Å². The van der Waals surface area contributed by atoms with Gasteiger partial charge in [0.2, 0.25) is 0 Å². The van der Waals surface area contributed by atoms with Gasteiger partial charge in [0, 0.05) is 18.3 Å². The van der Waals surface area contributed by atoms with Crippen LogP contribution in [0.15, 0.2) is 24.5 Å². The zero-order valence-corrected chi connectivity index (χ0v) is 8.42. The monoisotopic (exact) mass is 195 g/mol. The fraction of sp³-hybridized carbons (Fsp3) is 0.400. The molecule has 1 rings (SSSR count). The van der Waals surface area contributed by atoms with E-state index in [1.165, 1.54) is 5.56 Å². The number of pyridine rings is 1. The molecule has 1 N–H and O–H groups in total. The van der Waals surface area contributed by atoms with Crippen molar-refractivity contribution in [2.45, 2.75) is 19.8 Å². The molecule has 0 aliphatic carbocycles. The van der Waals surface area contributed by atoms with Crippen LogP contribution in [0, 0.1) is 5.92 Å². The first-order chi connectivity index (χ1) is 6.20. The van der Waals surface area contributed by atoms with Crippen LogP contribution in [0.4, 0.5) is 0 Å². The molecule has 0 aromatic carbocycles. The van der Waals surface area contributed by atoms with Gasteiger partial charge in [-0.25, -0.2) is 0 Å². The first-order valence-electron chi connectivity index (χ1n) is 4.32. The normalized spacial score (nSPS) is 12.4. The van der Waals surface area contributed by atoms with Crippen LogP contribution in [-0.4, -0.2) is 15.1 Å². The zero-order chi connectivity index (χ0) is 9.68. The van der Waals surface area contributed by atoms with Crippen molar-refractivity contribution < 1.29 is 5.11 Å². The number of rotatable bonds is 4. The van der Waals surface area contributed by atoms with E-state index in [-0.39, 0.29) is 11.0 Å². The van der Waals surface area contributed by atoms with Crippen LogP contribution >= 0.6 is 12.2 Å². The fourth-order valence-electron chi connectivity index (χ4n) is 1.06. The molecule has 1 atom stereocenters. The molecular weight excluding hydrogens is 182 g/mol. The first-order valence-corrected chi connectivity index (χ1v) is 4.72. The molecule has 0 fully saturated rings. The van der Waals surface area contributed by atoms with Gasteiger partial charge in [-0.1, -0.05) is 6.92 Å². The lowest BCUT2D eigenvalue weighted by Crippen LogP contribution is -2.08. The van der Waals surface area contributed by atoms with Crippen LogP contribution in [0.1, 0.15) is 18.9 Å². The number of hydrogen-bond donors (Lipinski definition) is 1. The molecule has 1 unspecified atom stereocenters. The van der Waals surface area contributed by atoms with Crippen LogP contribution in [0.25, 0.3) is 0 Å². The third-order valence-electron chi connectivity index (χ3n) is 2.04. The summed E-state index contributed by atoms with van der Waals surface area (Å²) in [6, 6.07) is 3.96. The van der Waals surface area contributed by atoms with Gasteiger partial charge in [0.15, 0.2) is 5.05 Å². The predicted molar refractivity (Wildman–Crippen MR) is 56.9 cm³/mol. The Kier molecular flexibility index (Phi) is 3.83. The fourth-order valence-corrected chi connectivity index (χ4v) is 1.17. The average molecular weight is 195 g/mol. The Morgan fingerprint density at radius 1 is 1.54 bits per heavy atom. The number of thiocarbonyl (C=S) groups is 1. The minimum absolute atomic E-state index is 0.100. The number of nitrogens with zero attached hydrogens (tertiary/aromatic N) is 1. The highest BCUT2D eigenvalue weighted by atomic mass is 32.1. The quantitative estimate of drug-likeness (QED) is 0.749. The standard InChI is InChI=1S/C10H13NOS/c1-8(10(12)13)2-3-9-4-6-11-7-5-9/h4-8H,2-3H2,1H3,(H,12,13). The van der Waals surface area contributed by atoms with E-state index in [1.54, 1.807) is 12.4 Å². The molecule has 0 radical (unpaired) electrons. The van der Waals surface area contributed by atoms with Crippen LogP contribution < -0.4 is 0 Å². The molecule has 0 saturated heterocycles. The Morgan fingerprint density at radius 2 is 2.15 bits per heavy atom. The van der Waals surface area contributed by atoms with Crippen LogP contribution in [0.5, 0.6) is 0 Å². The summed E-state index contributed by atoms with van der Waals surface area (Å²) in [5.41, 5.74) is 1.23. The maximum atomic E-state index is 9.02. The van der Waals surface area contributed by atoms with Gasteiger partial charge in [-0.05, 0) is 42.8 Å². The van der Waals surface area contributed by atoms with E-state index in [4.69, 9.17) is 5.11 Å². The molecule has 0 spiro atoms. The summed E-state index contributed by atoms with van der Waals surface area (Å²) >= 11 is 4.68. The molecule has 1 aromatic rings. The third kappa shape index (κ3) is 3.51. The topological polar surface area (TPSA) is 33.1 Å². The Labute approximate surface area is 83.6 Å². The van der Waals surface area contributed by atoms with Gasteiger partial charge in [-0.3, -0.25) is 4.98 Å². The Hall–Kier alpha value is -0.960. The Morgan fingerprint density at radius 3 is 2.69 bits per heavy atom. The number of aliphatic hydroxyl groups is 1. The number of hydrogen-bond acceptors (Lipinski definition) is 2. The van der Waals surface area contributed by atoms with Gasteiger partial charge >= 0.3 is 0 Å². The lowest BCUT2D eigenvalue weighted by atomic mass is 10.0. The maximum Gasteiger partial charge on any atom is 0.159 e. The van der Waals surface area contributed by atoms with E-state index >= 15 is 0 Å². The van der Waals surface area contributed by atoms with Gasteiger partial charge in [0.25, 0.3) is 0 Å². The highest BCUT2D eigenvalue weighted by Crippen LogP contribution is 2.09. The molecular formula is C10H13NOS. The summed E-state index contributed by atoms with van der Waals surface area (Å²) in [6.45, 7) is 1.93. The summed E-state index contributed by atoms with van der Waals surface area (Å²) in [7, 11) is 0. The van der Waals surface area contributed by atoms with Crippen molar-refractivity contribution in [2.75, 3.05) is 0 Å². The lowest BCUT2D eigenvalue weighted by molar-refractivity contribution is 0.496. The van der Waals surface area contributed by atoms with Gasteiger partial charge in [0.1, 0.15) is 0 Å². The highest BCUT2D eigenvalue weighted by molar-refractivity contribution is 7.80. The smallest absolute Gasteiger partial charge is 0.159 e. The molecule has 0 bridgehead atoms. The maximum absolute atomic E-state index is 9.02. The minimum atomic E-state index is 0.100. The van der Waals surface area contributed by atoms with Gasteiger partial charge in [-0.15, -0.1) is 0 Å². The van der Waals surface area contributed by atoms with Gasteiger partial charge < -0.3 is 5.11 Å². The molecule has 13 heavy (non-hydrogen) atoms. The number of aryl methyl sites for hydroxylation is 1. The molecule has 0 saturated carbocycles. The molecule has 1 heterocycles. The van der Waals surface area contributed by atoms with Crippen molar-refractivity contribution >= 4 is 17.3 Å². The predicted octanol–water partition coefficient (Wildman–Crippen LogP) is 2.54. The summed E-state index contributed by atoms with van der Waals surface area (Å²) < 4.78 is 0. The second kappa shape index (κ2) is 4.92. The first kappa shape index (κ1) is 10.1. The van der Waals surface area contributed by atoms with E-state index in [0.29, 0.717) is 0 Å². The van der Waals surface area contributed by atoms with Crippen molar-refractivity contribution in [3.63, 3.8) is 0 Å². The molecule has 0 amide bonds. The summed E-state index contributed by atoms with van der Waals surface area (Å²) in [5, 5.41) is 9.12. The van der Waals surface area contributed by atoms with Gasteiger partial charge in [0.05, 0.1) is 0 Å². The largest absolute Gasteiger partial charge is 0.502 e. The van der Waals surface area contributed by atoms with Crippen LogP contribution in [0.3, 0.4) is 0 Å². The molecule has 3 heteroatoms. The summed E-state index contributed by atoms with van der Waals surface area (Å²) in [4.78, 5) is 3.93. The second-order valence-corrected chi connectivity index (χ2v) is 3.55. The van der Waals surface area contributed by atoms with Gasteiger partial charge in [-0.2, -0.15) is 0 Å². The van der Waals surface area contributed by atoms with Crippen molar-refractivity contribution in [2.24, 2.45) is 5.92 Å². The van der Waals surface area contributed by atoms with E-state index in [0.717, 1.165) is 12.8 Å². The minimum Gasteiger partial charge on any atom is -0.502 e. The summed E-state index contributed by atoms with van der Waals surface area (Å²) in [6.07, 6.45) is 5.37. The summed E-state index contributed by atoms with van der Waals surface area (Å²) in [5.74, 6) is 0.100. The highest BCUT2D eigenvalue weighted by Gasteiger charge is 2.06. The number of aromatic nitrogens is 1. The molecule has 70 valence electrons. The molecule has 0 aliphatic rings. The van der Waals surface area contributed by atoms with Crippen LogP contribution in [-0.2, 0) is 6.42 Å². The zero-order valence-electron chi connectivity index (χ0n) is 7.60. The van der Waals surface area contributed by atoms with Crippen molar-refractivity contribution in [3.8, 4) is 0 Å². The lowest BCUT2D eigenvalue weighted by Gasteiger charge is -2.07. The third-order valence-corrected chi connectivity index (χ3v) is 2.44. The molecule has 1 aromatic heterocycles. The Balaban J connectivity index is 2.39. The van der Waals surface area contributed by atoms with Crippen molar-refractivity contribution in [3.05, 3.63) is 30.1 Å². The number of aliphatic hydroxyl groups excluding tert-OH is 1. The van der Waals surface area contributed by atoms with E-state index in [1.807, 2.05) is 19.1 Å². The second-order valence-electron chi connectivity index (χ2n) is 3.13. The average Bonchev–Trinajstić information content (AvgIpc) is 2.15. The van der Waals surface area contributed by atoms with E-state index in [9.17, 15) is 0 Å². The van der Waals surface area contributed by atoms with E-state index in [2.05, 4.69) is 17.2 Å². The molecule has 0 aliphatic heterocycles. The van der Waals surface area contributed by atoms with Crippen LogP contribution in [0.2, 0.25) is 0 Å². The SMILES string of the molecule is CC(CCc1ccncc1)C(O)=S. The Bertz CT molecular complexity index is 274.